The highest BCUT2D eigenvalue weighted by atomic mass is 16.5. The van der Waals surface area contributed by atoms with Crippen LogP contribution in [0.25, 0.3) is 0 Å². The van der Waals surface area contributed by atoms with Crippen molar-refractivity contribution < 1.29 is 9.15 Å². The first-order chi connectivity index (χ1) is 8.70. The summed E-state index contributed by atoms with van der Waals surface area (Å²) in [4.78, 5) is 4.18. The van der Waals surface area contributed by atoms with Gasteiger partial charge in [-0.3, -0.25) is 4.98 Å². The molecule has 0 aliphatic heterocycles. The van der Waals surface area contributed by atoms with Gasteiger partial charge in [0.25, 0.3) is 0 Å². The number of pyridine rings is 1. The number of nitrogens with one attached hydrogen (secondary N) is 1. The number of furan rings is 1. The van der Waals surface area contributed by atoms with Crippen LogP contribution in [0.3, 0.4) is 0 Å². The normalized spacial score (nSPS) is 10.6. The summed E-state index contributed by atoms with van der Waals surface area (Å²) in [5.74, 6) is 2.58. The first-order valence-electron chi connectivity index (χ1n) is 5.98. The van der Waals surface area contributed by atoms with E-state index in [0.717, 1.165) is 35.1 Å². The van der Waals surface area contributed by atoms with Gasteiger partial charge in [0.05, 0.1) is 12.2 Å². The Balaban J connectivity index is 2.02. The van der Waals surface area contributed by atoms with Crippen LogP contribution in [-0.4, -0.2) is 12.0 Å². The van der Waals surface area contributed by atoms with Gasteiger partial charge >= 0.3 is 0 Å². The van der Waals surface area contributed by atoms with Gasteiger partial charge in [-0.05, 0) is 44.7 Å². The third-order valence-electron chi connectivity index (χ3n) is 2.74. The molecule has 0 atom stereocenters. The molecule has 0 fully saturated rings. The van der Waals surface area contributed by atoms with Gasteiger partial charge < -0.3 is 14.5 Å². The molecule has 96 valence electrons. The highest BCUT2D eigenvalue weighted by Gasteiger charge is 2.08. The summed E-state index contributed by atoms with van der Waals surface area (Å²) in [5.41, 5.74) is 2.03. The first kappa shape index (κ1) is 12.6. The average Bonchev–Trinajstić information content (AvgIpc) is 2.70. The quantitative estimate of drug-likeness (QED) is 0.881. The fourth-order valence-corrected chi connectivity index (χ4v) is 1.77. The second-order valence-electron chi connectivity index (χ2n) is 4.22. The fraction of sp³-hybridized carbons (Fsp3) is 0.357. The maximum Gasteiger partial charge on any atom is 0.146 e. The Morgan fingerprint density at radius 2 is 2.22 bits per heavy atom. The van der Waals surface area contributed by atoms with Crippen molar-refractivity contribution >= 4 is 0 Å². The van der Waals surface area contributed by atoms with Crippen molar-refractivity contribution in [3.05, 3.63) is 47.2 Å². The van der Waals surface area contributed by atoms with E-state index in [0.29, 0.717) is 6.61 Å². The van der Waals surface area contributed by atoms with E-state index in [2.05, 4.69) is 10.3 Å². The molecule has 1 N–H and O–H groups in total. The van der Waals surface area contributed by atoms with Crippen molar-refractivity contribution in [2.75, 3.05) is 7.05 Å². The Morgan fingerprint density at radius 1 is 1.39 bits per heavy atom. The molecule has 2 heterocycles. The number of hydrogen-bond acceptors (Lipinski definition) is 4. The minimum Gasteiger partial charge on any atom is -0.484 e. The third-order valence-corrected chi connectivity index (χ3v) is 2.74. The topological polar surface area (TPSA) is 47.3 Å². The van der Waals surface area contributed by atoms with Crippen molar-refractivity contribution in [1.82, 2.24) is 10.3 Å². The summed E-state index contributed by atoms with van der Waals surface area (Å²) in [6.07, 6.45) is 1.75. The number of hydrogen-bond donors (Lipinski definition) is 1. The van der Waals surface area contributed by atoms with Crippen LogP contribution in [0.15, 0.2) is 28.8 Å². The molecule has 2 aromatic rings. The molecule has 0 aliphatic rings. The van der Waals surface area contributed by atoms with E-state index in [-0.39, 0.29) is 0 Å². The Kier molecular flexibility index (Phi) is 3.99. The Bertz CT molecular complexity index is 520. The molecule has 0 radical (unpaired) electrons. The summed E-state index contributed by atoms with van der Waals surface area (Å²) in [6, 6.07) is 5.78. The lowest BCUT2D eigenvalue weighted by atomic mass is 10.2. The molecule has 0 unspecified atom stereocenters. The Hall–Kier alpha value is -1.81. The summed E-state index contributed by atoms with van der Waals surface area (Å²) in [7, 11) is 1.90. The van der Waals surface area contributed by atoms with E-state index in [1.165, 1.54) is 0 Å². The van der Waals surface area contributed by atoms with E-state index in [9.17, 15) is 0 Å². The average molecular weight is 246 g/mol. The minimum absolute atomic E-state index is 0.428. The fourth-order valence-electron chi connectivity index (χ4n) is 1.77. The lowest BCUT2D eigenvalue weighted by Crippen LogP contribution is -2.04. The first-order valence-corrected chi connectivity index (χ1v) is 5.98. The maximum atomic E-state index is 5.71. The van der Waals surface area contributed by atoms with Gasteiger partial charge in [0.15, 0.2) is 0 Å². The van der Waals surface area contributed by atoms with E-state index in [1.807, 2.05) is 39.1 Å². The molecule has 18 heavy (non-hydrogen) atoms. The lowest BCUT2D eigenvalue weighted by molar-refractivity contribution is 0.262. The Morgan fingerprint density at radius 3 is 2.94 bits per heavy atom. The SMILES string of the molecule is CNCc1oc(COc2cccnc2C)cc1C. The van der Waals surface area contributed by atoms with Gasteiger partial charge in [-0.2, -0.15) is 0 Å². The molecular weight excluding hydrogens is 228 g/mol. The molecule has 0 saturated carbocycles. The largest absolute Gasteiger partial charge is 0.484 e. The summed E-state index contributed by atoms with van der Waals surface area (Å²) in [6.45, 7) is 5.12. The molecule has 0 saturated heterocycles. The van der Waals surface area contributed by atoms with Crippen LogP contribution in [-0.2, 0) is 13.2 Å². The summed E-state index contributed by atoms with van der Waals surface area (Å²) < 4.78 is 11.4. The van der Waals surface area contributed by atoms with Crippen molar-refractivity contribution in [1.29, 1.82) is 0 Å². The predicted molar refractivity (Wildman–Crippen MR) is 69.5 cm³/mol. The lowest BCUT2D eigenvalue weighted by Gasteiger charge is -2.05. The molecule has 2 rings (SSSR count). The van der Waals surface area contributed by atoms with Gasteiger partial charge in [0.2, 0.25) is 0 Å². The zero-order valence-corrected chi connectivity index (χ0v) is 11.0. The standard InChI is InChI=1S/C14H18N2O2/c1-10-7-12(18-14(10)8-15-3)9-17-13-5-4-6-16-11(13)2/h4-7,15H,8-9H2,1-3H3. The van der Waals surface area contributed by atoms with Crippen LogP contribution in [0.5, 0.6) is 5.75 Å². The van der Waals surface area contributed by atoms with Crippen LogP contribution in [0.2, 0.25) is 0 Å². The van der Waals surface area contributed by atoms with E-state index >= 15 is 0 Å². The maximum absolute atomic E-state index is 5.71. The number of aryl methyl sites for hydroxylation is 2. The smallest absolute Gasteiger partial charge is 0.146 e. The van der Waals surface area contributed by atoms with Gasteiger partial charge in [-0.15, -0.1) is 0 Å². The van der Waals surface area contributed by atoms with Crippen molar-refractivity contribution in [2.24, 2.45) is 0 Å². The zero-order valence-electron chi connectivity index (χ0n) is 11.0. The number of aromatic nitrogens is 1. The van der Waals surface area contributed by atoms with Gasteiger partial charge in [-0.25, -0.2) is 0 Å². The highest BCUT2D eigenvalue weighted by molar-refractivity contribution is 5.26. The van der Waals surface area contributed by atoms with E-state index in [4.69, 9.17) is 9.15 Å². The molecule has 4 nitrogen and oxygen atoms in total. The number of ether oxygens (including phenoxy) is 1. The molecule has 0 aromatic carbocycles. The van der Waals surface area contributed by atoms with E-state index < -0.39 is 0 Å². The van der Waals surface area contributed by atoms with Gasteiger partial charge in [0.1, 0.15) is 23.9 Å². The van der Waals surface area contributed by atoms with E-state index in [1.54, 1.807) is 6.20 Å². The Labute approximate surface area is 107 Å². The molecule has 2 aromatic heterocycles. The van der Waals surface area contributed by atoms with Crippen LogP contribution < -0.4 is 10.1 Å². The van der Waals surface area contributed by atoms with Gasteiger partial charge in [0, 0.05) is 6.20 Å². The second kappa shape index (κ2) is 5.69. The minimum atomic E-state index is 0.428. The summed E-state index contributed by atoms with van der Waals surface area (Å²) in [5, 5.41) is 3.08. The second-order valence-corrected chi connectivity index (χ2v) is 4.22. The molecule has 0 aliphatic carbocycles. The van der Waals surface area contributed by atoms with Crippen molar-refractivity contribution in [3.8, 4) is 5.75 Å². The monoisotopic (exact) mass is 246 g/mol. The highest BCUT2D eigenvalue weighted by Crippen LogP contribution is 2.19. The molecule has 0 spiro atoms. The molecular formula is C14H18N2O2. The van der Waals surface area contributed by atoms with Crippen LogP contribution >= 0.6 is 0 Å². The zero-order chi connectivity index (χ0) is 13.0. The summed E-state index contributed by atoms with van der Waals surface area (Å²) >= 11 is 0. The van der Waals surface area contributed by atoms with Crippen molar-refractivity contribution in [3.63, 3.8) is 0 Å². The third kappa shape index (κ3) is 2.90. The number of nitrogens with zero attached hydrogens (tertiary/aromatic N) is 1. The predicted octanol–water partition coefficient (Wildman–Crippen LogP) is 2.59. The molecule has 0 bridgehead atoms. The van der Waals surface area contributed by atoms with Gasteiger partial charge in [-0.1, -0.05) is 0 Å². The molecule has 4 heteroatoms. The van der Waals surface area contributed by atoms with Crippen LogP contribution in [0.1, 0.15) is 22.8 Å². The molecule has 0 amide bonds. The van der Waals surface area contributed by atoms with Crippen LogP contribution in [0.4, 0.5) is 0 Å². The van der Waals surface area contributed by atoms with Crippen molar-refractivity contribution in [2.45, 2.75) is 27.0 Å². The number of rotatable bonds is 5. The van der Waals surface area contributed by atoms with Crippen LogP contribution in [0, 0.1) is 13.8 Å².